The minimum Gasteiger partial charge on any atom is -0.361 e. The second kappa shape index (κ2) is 6.80. The van der Waals surface area contributed by atoms with E-state index < -0.39 is 9.84 Å². The Kier molecular flexibility index (Phi) is 5.98. The number of aliphatic imine (C=N–C) groups is 1. The highest BCUT2D eigenvalue weighted by Gasteiger charge is 2.26. The lowest BCUT2D eigenvalue weighted by atomic mass is 9.99. The van der Waals surface area contributed by atoms with Gasteiger partial charge in [0.2, 0.25) is 0 Å². The lowest BCUT2D eigenvalue weighted by Gasteiger charge is -2.19. The molecule has 106 valence electrons. The molecular weight excluding hydrogens is 268 g/mol. The monoisotopic (exact) mass is 292 g/mol. The molecule has 2 atom stereocenters. The van der Waals surface area contributed by atoms with Gasteiger partial charge < -0.3 is 5.32 Å². The quantitative estimate of drug-likeness (QED) is 0.812. The molecule has 0 spiro atoms. The maximum absolute atomic E-state index is 11.2. The van der Waals surface area contributed by atoms with E-state index in [1.807, 2.05) is 6.92 Å². The number of nitrogens with one attached hydrogen (secondary N) is 1. The van der Waals surface area contributed by atoms with Crippen LogP contribution in [-0.4, -0.2) is 43.4 Å². The largest absolute Gasteiger partial charge is 0.361 e. The smallest absolute Gasteiger partial charge is 0.157 e. The molecule has 0 fully saturated rings. The van der Waals surface area contributed by atoms with Crippen LogP contribution in [0.15, 0.2) is 4.99 Å². The summed E-state index contributed by atoms with van der Waals surface area (Å²) in [4.78, 5) is 4.48. The number of sulfone groups is 1. The standard InChI is InChI=1S/C12H24N2O2S2/c1-5-10(6-2)11-7-13-12(17-11)14-9(3)8-18(4,15)16/h9-11H,5-8H2,1-4H3,(H,13,14). The fourth-order valence-electron chi connectivity index (χ4n) is 2.24. The molecule has 1 rings (SSSR count). The summed E-state index contributed by atoms with van der Waals surface area (Å²) in [5.41, 5.74) is 0. The summed E-state index contributed by atoms with van der Waals surface area (Å²) in [7, 11) is -2.93. The van der Waals surface area contributed by atoms with Crippen LogP contribution in [0.25, 0.3) is 0 Å². The molecule has 6 heteroatoms. The molecule has 1 N–H and O–H groups in total. The molecule has 18 heavy (non-hydrogen) atoms. The summed E-state index contributed by atoms with van der Waals surface area (Å²) in [5.74, 6) is 0.852. The van der Waals surface area contributed by atoms with Gasteiger partial charge in [0.15, 0.2) is 5.17 Å². The van der Waals surface area contributed by atoms with Crippen molar-refractivity contribution in [3.63, 3.8) is 0 Å². The van der Waals surface area contributed by atoms with Gasteiger partial charge in [-0.3, -0.25) is 4.99 Å². The van der Waals surface area contributed by atoms with E-state index in [0.717, 1.165) is 11.7 Å². The van der Waals surface area contributed by atoms with Gasteiger partial charge in [-0.05, 0) is 12.8 Å². The normalized spacial score (nSPS) is 22.1. The van der Waals surface area contributed by atoms with E-state index in [1.165, 1.54) is 19.1 Å². The van der Waals surface area contributed by atoms with Crippen LogP contribution in [0, 0.1) is 5.92 Å². The van der Waals surface area contributed by atoms with E-state index in [0.29, 0.717) is 11.2 Å². The number of hydrogen-bond donors (Lipinski definition) is 1. The molecule has 4 nitrogen and oxygen atoms in total. The van der Waals surface area contributed by atoms with Crippen LogP contribution in [-0.2, 0) is 9.84 Å². The maximum atomic E-state index is 11.2. The Morgan fingerprint density at radius 2 is 2.06 bits per heavy atom. The van der Waals surface area contributed by atoms with Crippen LogP contribution < -0.4 is 5.32 Å². The Morgan fingerprint density at radius 3 is 2.56 bits per heavy atom. The Morgan fingerprint density at radius 1 is 1.44 bits per heavy atom. The van der Waals surface area contributed by atoms with Gasteiger partial charge in [-0.15, -0.1) is 0 Å². The zero-order chi connectivity index (χ0) is 13.8. The molecular formula is C12H24N2O2S2. The first-order valence-corrected chi connectivity index (χ1v) is 9.45. The Hall–Kier alpha value is -0.230. The summed E-state index contributed by atoms with van der Waals surface area (Å²) in [6.07, 6.45) is 3.62. The second-order valence-corrected chi connectivity index (χ2v) is 8.43. The first-order chi connectivity index (χ1) is 8.35. The molecule has 0 radical (unpaired) electrons. The van der Waals surface area contributed by atoms with Crippen molar-refractivity contribution in [2.24, 2.45) is 10.9 Å². The van der Waals surface area contributed by atoms with E-state index >= 15 is 0 Å². The van der Waals surface area contributed by atoms with E-state index in [2.05, 4.69) is 24.2 Å². The number of hydrogen-bond acceptors (Lipinski definition) is 5. The molecule has 0 aliphatic carbocycles. The highest BCUT2D eigenvalue weighted by atomic mass is 32.2. The molecule has 0 aromatic rings. The van der Waals surface area contributed by atoms with Gasteiger partial charge >= 0.3 is 0 Å². The predicted octanol–water partition coefficient (Wildman–Crippen LogP) is 1.92. The molecule has 2 unspecified atom stereocenters. The zero-order valence-electron chi connectivity index (χ0n) is 11.6. The highest BCUT2D eigenvalue weighted by Crippen LogP contribution is 2.30. The van der Waals surface area contributed by atoms with Gasteiger partial charge in [-0.2, -0.15) is 0 Å². The molecule has 1 heterocycles. The number of rotatable bonds is 6. The van der Waals surface area contributed by atoms with Crippen LogP contribution in [0.5, 0.6) is 0 Å². The third-order valence-electron chi connectivity index (χ3n) is 3.18. The SMILES string of the molecule is CCC(CC)C1CN=C(NC(C)CS(C)(=O)=O)S1. The van der Waals surface area contributed by atoms with E-state index in [-0.39, 0.29) is 11.8 Å². The fraction of sp³-hybridized carbons (Fsp3) is 0.917. The van der Waals surface area contributed by atoms with Crippen LogP contribution in [0.1, 0.15) is 33.6 Å². The first kappa shape index (κ1) is 15.8. The summed E-state index contributed by atoms with van der Waals surface area (Å²) >= 11 is 1.77. The van der Waals surface area contributed by atoms with Crippen LogP contribution in [0.3, 0.4) is 0 Å². The number of thioether (sulfide) groups is 1. The van der Waals surface area contributed by atoms with E-state index in [1.54, 1.807) is 11.8 Å². The molecule has 0 amide bonds. The van der Waals surface area contributed by atoms with Crippen LogP contribution >= 0.6 is 11.8 Å². The Bertz CT molecular complexity index is 389. The van der Waals surface area contributed by atoms with Crippen molar-refractivity contribution in [1.29, 1.82) is 0 Å². The average molecular weight is 292 g/mol. The Balaban J connectivity index is 2.43. The summed E-state index contributed by atoms with van der Waals surface area (Å²) in [6, 6.07) is -0.0771. The molecule has 0 saturated heterocycles. The van der Waals surface area contributed by atoms with E-state index in [4.69, 9.17) is 0 Å². The zero-order valence-corrected chi connectivity index (χ0v) is 13.3. The van der Waals surface area contributed by atoms with Gasteiger partial charge in [-0.1, -0.05) is 38.5 Å². The van der Waals surface area contributed by atoms with E-state index in [9.17, 15) is 8.42 Å². The lowest BCUT2D eigenvalue weighted by molar-refractivity contribution is 0.479. The molecule has 1 aliphatic rings. The highest BCUT2D eigenvalue weighted by molar-refractivity contribution is 8.14. The number of amidine groups is 1. The lowest BCUT2D eigenvalue weighted by Crippen LogP contribution is -2.35. The van der Waals surface area contributed by atoms with Gasteiger partial charge in [-0.25, -0.2) is 8.42 Å². The molecule has 1 aliphatic heterocycles. The Labute approximate surface area is 115 Å². The van der Waals surface area contributed by atoms with Gasteiger partial charge in [0.1, 0.15) is 9.84 Å². The number of nitrogens with zero attached hydrogens (tertiary/aromatic N) is 1. The van der Waals surface area contributed by atoms with Crippen molar-refractivity contribution < 1.29 is 8.42 Å². The topological polar surface area (TPSA) is 58.5 Å². The van der Waals surface area contributed by atoms with Crippen LogP contribution in [0.4, 0.5) is 0 Å². The maximum Gasteiger partial charge on any atom is 0.157 e. The predicted molar refractivity (Wildman–Crippen MR) is 80.1 cm³/mol. The van der Waals surface area contributed by atoms with Crippen molar-refractivity contribution in [3.05, 3.63) is 0 Å². The van der Waals surface area contributed by atoms with Gasteiger partial charge in [0.05, 0.1) is 12.3 Å². The molecule has 0 bridgehead atoms. The minimum absolute atomic E-state index is 0.0771. The minimum atomic E-state index is -2.93. The molecule has 0 saturated carbocycles. The summed E-state index contributed by atoms with van der Waals surface area (Å²) in [5, 5.41) is 4.66. The third kappa shape index (κ3) is 5.18. The van der Waals surface area contributed by atoms with Crippen molar-refractivity contribution in [1.82, 2.24) is 5.32 Å². The average Bonchev–Trinajstić information content (AvgIpc) is 2.65. The molecule has 0 aromatic carbocycles. The molecule has 0 aromatic heterocycles. The second-order valence-electron chi connectivity index (χ2n) is 5.02. The van der Waals surface area contributed by atoms with Crippen molar-refractivity contribution in [2.45, 2.75) is 44.9 Å². The third-order valence-corrected chi connectivity index (χ3v) is 5.59. The van der Waals surface area contributed by atoms with Gasteiger partial charge in [0, 0.05) is 17.5 Å². The summed E-state index contributed by atoms with van der Waals surface area (Å²) in [6.45, 7) is 7.17. The van der Waals surface area contributed by atoms with Crippen LogP contribution in [0.2, 0.25) is 0 Å². The summed E-state index contributed by atoms with van der Waals surface area (Å²) < 4.78 is 22.4. The van der Waals surface area contributed by atoms with Crippen molar-refractivity contribution in [3.8, 4) is 0 Å². The first-order valence-electron chi connectivity index (χ1n) is 6.51. The van der Waals surface area contributed by atoms with Gasteiger partial charge in [0.25, 0.3) is 0 Å². The fourth-order valence-corrected chi connectivity index (χ4v) is 4.66. The van der Waals surface area contributed by atoms with Crippen molar-refractivity contribution >= 4 is 26.8 Å². The van der Waals surface area contributed by atoms with Crippen molar-refractivity contribution in [2.75, 3.05) is 18.6 Å².